The van der Waals surface area contributed by atoms with Gasteiger partial charge in [0, 0.05) is 4.88 Å². The number of hydrogen-bond donors (Lipinski definition) is 1. The molecule has 2 aromatic rings. The number of fused-ring (bicyclic) bond motifs is 1. The summed E-state index contributed by atoms with van der Waals surface area (Å²) in [4.78, 5) is 25.1. The summed E-state index contributed by atoms with van der Waals surface area (Å²) in [5.74, 6) is -0.256. The molecule has 0 bridgehead atoms. The van der Waals surface area contributed by atoms with Gasteiger partial charge < -0.3 is 14.8 Å². The molecule has 1 aliphatic carbocycles. The van der Waals surface area contributed by atoms with Crippen molar-refractivity contribution < 1.29 is 19.1 Å². The first-order valence-corrected chi connectivity index (χ1v) is 10.1. The lowest BCUT2D eigenvalue weighted by molar-refractivity contribution is -0.147. The van der Waals surface area contributed by atoms with E-state index in [9.17, 15) is 14.9 Å². The molecular weight excluding hydrogens is 376 g/mol. The van der Waals surface area contributed by atoms with Crippen LogP contribution in [0.2, 0.25) is 0 Å². The average molecular weight is 398 g/mol. The molecule has 0 aliphatic heterocycles. The summed E-state index contributed by atoms with van der Waals surface area (Å²) < 4.78 is 10.5. The van der Waals surface area contributed by atoms with E-state index < -0.39 is 11.9 Å². The molecule has 1 aromatic heterocycles. The van der Waals surface area contributed by atoms with Gasteiger partial charge in [0.15, 0.2) is 6.61 Å². The number of carbonyl (C=O) groups is 2. The molecule has 0 saturated heterocycles. The maximum Gasteiger partial charge on any atom is 0.309 e. The Morgan fingerprint density at radius 1 is 1.29 bits per heavy atom. The predicted octanol–water partition coefficient (Wildman–Crippen LogP) is 3.76. The van der Waals surface area contributed by atoms with Gasteiger partial charge in [-0.3, -0.25) is 9.59 Å². The lowest BCUT2D eigenvalue weighted by Gasteiger charge is -2.09. The van der Waals surface area contributed by atoms with Gasteiger partial charge >= 0.3 is 5.97 Å². The second-order valence-corrected chi connectivity index (χ2v) is 7.76. The normalized spacial score (nSPS) is 12.6. The molecule has 0 atom stereocenters. The van der Waals surface area contributed by atoms with E-state index in [4.69, 9.17) is 9.47 Å². The molecular formula is C21H22N2O4S. The van der Waals surface area contributed by atoms with Gasteiger partial charge in [-0.25, -0.2) is 0 Å². The molecule has 146 valence electrons. The van der Waals surface area contributed by atoms with Gasteiger partial charge in [0.05, 0.1) is 18.6 Å². The van der Waals surface area contributed by atoms with Crippen LogP contribution in [0.4, 0.5) is 5.00 Å². The monoisotopic (exact) mass is 398 g/mol. The lowest BCUT2D eigenvalue weighted by Crippen LogP contribution is -2.21. The van der Waals surface area contributed by atoms with Crippen LogP contribution in [-0.4, -0.2) is 25.1 Å². The third-order valence-electron chi connectivity index (χ3n) is 4.46. The van der Waals surface area contributed by atoms with Gasteiger partial charge in [0.25, 0.3) is 5.91 Å². The van der Waals surface area contributed by atoms with E-state index in [2.05, 4.69) is 11.4 Å². The van der Waals surface area contributed by atoms with Crippen LogP contribution in [0.15, 0.2) is 24.3 Å². The Hall–Kier alpha value is -2.85. The number of carbonyl (C=O) groups excluding carboxylic acids is 2. The van der Waals surface area contributed by atoms with Gasteiger partial charge in [0.1, 0.15) is 16.8 Å². The molecule has 0 fully saturated rings. The van der Waals surface area contributed by atoms with Crippen molar-refractivity contribution >= 4 is 28.2 Å². The highest BCUT2D eigenvalue weighted by Gasteiger charge is 2.22. The predicted molar refractivity (Wildman–Crippen MR) is 107 cm³/mol. The van der Waals surface area contributed by atoms with Gasteiger partial charge in [-0.2, -0.15) is 5.26 Å². The molecule has 1 heterocycles. The van der Waals surface area contributed by atoms with Crippen molar-refractivity contribution in [3.63, 3.8) is 0 Å². The van der Waals surface area contributed by atoms with E-state index in [1.54, 1.807) is 0 Å². The van der Waals surface area contributed by atoms with E-state index in [1.807, 2.05) is 31.2 Å². The fourth-order valence-electron chi connectivity index (χ4n) is 3.11. The van der Waals surface area contributed by atoms with Crippen molar-refractivity contribution in [2.45, 2.75) is 39.0 Å². The van der Waals surface area contributed by atoms with E-state index in [1.165, 1.54) is 16.2 Å². The zero-order valence-corrected chi connectivity index (χ0v) is 16.6. The maximum atomic E-state index is 12.1. The third-order valence-corrected chi connectivity index (χ3v) is 5.67. The highest BCUT2D eigenvalue weighted by atomic mass is 32.1. The molecule has 6 nitrogen and oxygen atoms in total. The molecule has 3 rings (SSSR count). The van der Waals surface area contributed by atoms with Crippen molar-refractivity contribution in [3.05, 3.63) is 45.8 Å². The number of nitrogens with one attached hydrogen (secondary N) is 1. The molecule has 1 amide bonds. The molecule has 28 heavy (non-hydrogen) atoms. The molecule has 0 radical (unpaired) electrons. The van der Waals surface area contributed by atoms with Gasteiger partial charge in [-0.05, 0) is 55.9 Å². The summed E-state index contributed by atoms with van der Waals surface area (Å²) in [6.45, 7) is 1.76. The van der Waals surface area contributed by atoms with Crippen LogP contribution in [0, 0.1) is 18.3 Å². The Morgan fingerprint density at radius 3 is 2.89 bits per heavy atom. The molecule has 1 N–H and O–H groups in total. The second-order valence-electron chi connectivity index (χ2n) is 6.65. The summed E-state index contributed by atoms with van der Waals surface area (Å²) in [6, 6.07) is 9.73. The third kappa shape index (κ3) is 5.11. The molecule has 0 unspecified atom stereocenters. The topological polar surface area (TPSA) is 88.4 Å². The number of ether oxygens (including phenoxy) is 2. The number of amides is 1. The minimum atomic E-state index is -0.506. The molecule has 0 spiro atoms. The molecule has 1 aliphatic rings. The fourth-order valence-corrected chi connectivity index (χ4v) is 4.37. The van der Waals surface area contributed by atoms with E-state index >= 15 is 0 Å². The number of anilines is 1. The quantitative estimate of drug-likeness (QED) is 0.718. The zero-order chi connectivity index (χ0) is 19.9. The number of thiophene rings is 1. The smallest absolute Gasteiger partial charge is 0.309 e. The second kappa shape index (κ2) is 9.38. The Balaban J connectivity index is 1.43. The van der Waals surface area contributed by atoms with Crippen molar-refractivity contribution in [2.75, 3.05) is 18.5 Å². The number of esters is 1. The van der Waals surface area contributed by atoms with Gasteiger partial charge in [-0.1, -0.05) is 12.1 Å². The Labute approximate surface area is 168 Å². The average Bonchev–Trinajstić information content (AvgIpc) is 3.03. The van der Waals surface area contributed by atoms with Crippen LogP contribution in [0.3, 0.4) is 0 Å². The first-order chi connectivity index (χ1) is 13.6. The molecule has 7 heteroatoms. The number of rotatable bonds is 7. The minimum absolute atomic E-state index is 0.0535. The first-order valence-electron chi connectivity index (χ1n) is 9.26. The first kappa shape index (κ1) is 19.9. The summed E-state index contributed by atoms with van der Waals surface area (Å²) in [7, 11) is 0. The van der Waals surface area contributed by atoms with Crippen LogP contribution >= 0.6 is 11.3 Å². The summed E-state index contributed by atoms with van der Waals surface area (Å²) in [6.07, 6.45) is 4.04. The van der Waals surface area contributed by atoms with Crippen molar-refractivity contribution in [1.29, 1.82) is 5.26 Å². The van der Waals surface area contributed by atoms with Gasteiger partial charge in [-0.15, -0.1) is 11.3 Å². The van der Waals surface area contributed by atoms with Crippen molar-refractivity contribution in [3.8, 4) is 11.8 Å². The van der Waals surface area contributed by atoms with E-state index in [-0.39, 0.29) is 19.6 Å². The minimum Gasteiger partial charge on any atom is -0.493 e. The van der Waals surface area contributed by atoms with Crippen LogP contribution in [0.25, 0.3) is 0 Å². The number of nitriles is 1. The maximum absolute atomic E-state index is 12.1. The zero-order valence-electron chi connectivity index (χ0n) is 15.7. The largest absolute Gasteiger partial charge is 0.493 e. The van der Waals surface area contributed by atoms with E-state index in [0.29, 0.717) is 16.3 Å². The lowest BCUT2D eigenvalue weighted by atomic mass is 9.96. The SMILES string of the molecule is Cc1cccc(OCCC(=O)OCC(=O)Nc2sc3c(c2C#N)CCCC3)c1. The van der Waals surface area contributed by atoms with Crippen molar-refractivity contribution in [2.24, 2.45) is 0 Å². The number of nitrogens with zero attached hydrogens (tertiary/aromatic N) is 1. The van der Waals surface area contributed by atoms with E-state index in [0.717, 1.165) is 36.8 Å². The molecule has 1 aromatic carbocycles. The summed E-state index contributed by atoms with van der Waals surface area (Å²) >= 11 is 1.45. The van der Waals surface area contributed by atoms with Crippen LogP contribution < -0.4 is 10.1 Å². The van der Waals surface area contributed by atoms with Crippen LogP contribution in [0.1, 0.15) is 40.8 Å². The Morgan fingerprint density at radius 2 is 2.11 bits per heavy atom. The highest BCUT2D eigenvalue weighted by Crippen LogP contribution is 2.37. The van der Waals surface area contributed by atoms with Gasteiger partial charge in [0.2, 0.25) is 0 Å². The Kier molecular flexibility index (Phi) is 6.66. The summed E-state index contributed by atoms with van der Waals surface area (Å²) in [5.41, 5.74) is 2.68. The number of benzene rings is 1. The van der Waals surface area contributed by atoms with Crippen LogP contribution in [-0.2, 0) is 27.2 Å². The van der Waals surface area contributed by atoms with Crippen LogP contribution in [0.5, 0.6) is 5.75 Å². The fraction of sp³-hybridized carbons (Fsp3) is 0.381. The highest BCUT2D eigenvalue weighted by molar-refractivity contribution is 7.16. The Bertz CT molecular complexity index is 914. The van der Waals surface area contributed by atoms with Crippen molar-refractivity contribution in [1.82, 2.24) is 0 Å². The number of hydrogen-bond acceptors (Lipinski definition) is 6. The summed E-state index contributed by atoms with van der Waals surface area (Å²) in [5, 5.41) is 12.7. The standard InChI is InChI=1S/C21H22N2O4S/c1-14-5-4-6-15(11-14)26-10-9-20(25)27-13-19(24)23-21-17(12-22)16-7-2-3-8-18(16)28-21/h4-6,11H,2-3,7-10,13H2,1H3,(H,23,24). The number of aryl methyl sites for hydroxylation is 2. The molecule has 0 saturated carbocycles.